The molecule has 1 N–H and O–H groups in total. The largest absolute Gasteiger partial charge is 0.489 e. The molecule has 0 heterocycles. The van der Waals surface area contributed by atoms with Gasteiger partial charge in [-0.2, -0.15) is 0 Å². The first kappa shape index (κ1) is 15.6. The lowest BCUT2D eigenvalue weighted by molar-refractivity contribution is 0.217. The second kappa shape index (κ2) is 7.84. The maximum Gasteiger partial charge on any atom is 0.119 e. The summed E-state index contributed by atoms with van der Waals surface area (Å²) in [6, 6.07) is 16.9. The van der Waals surface area contributed by atoms with Crippen molar-refractivity contribution in [2.75, 3.05) is 13.1 Å². The van der Waals surface area contributed by atoms with E-state index in [9.17, 15) is 0 Å². The molecule has 112 valence electrons. The van der Waals surface area contributed by atoms with E-state index in [1.54, 1.807) is 0 Å². The first-order valence-electron chi connectivity index (χ1n) is 7.73. The molecule has 2 heteroatoms. The Labute approximate surface area is 128 Å². The molecule has 1 unspecified atom stereocenters. The zero-order valence-corrected chi connectivity index (χ0v) is 13.2. The van der Waals surface area contributed by atoms with E-state index >= 15 is 0 Å². The van der Waals surface area contributed by atoms with Gasteiger partial charge in [-0.15, -0.1) is 0 Å². The van der Waals surface area contributed by atoms with Crippen molar-refractivity contribution in [1.82, 2.24) is 5.32 Å². The van der Waals surface area contributed by atoms with Crippen LogP contribution >= 0.6 is 0 Å². The maximum atomic E-state index is 5.91. The van der Waals surface area contributed by atoms with Gasteiger partial charge in [-0.1, -0.05) is 48.9 Å². The summed E-state index contributed by atoms with van der Waals surface area (Å²) in [5.41, 5.74) is 3.75. The van der Waals surface area contributed by atoms with E-state index in [1.165, 1.54) is 16.7 Å². The molecule has 21 heavy (non-hydrogen) atoms. The number of hydrogen-bond donors (Lipinski definition) is 1. The molecule has 2 rings (SSSR count). The Morgan fingerprint density at radius 3 is 2.10 bits per heavy atom. The Bertz CT molecular complexity index is 530. The number of nitrogens with one attached hydrogen (secondary N) is 1. The molecule has 0 radical (unpaired) electrons. The molecule has 2 nitrogen and oxygen atoms in total. The minimum absolute atomic E-state index is 0.182. The highest BCUT2D eigenvalue weighted by Crippen LogP contribution is 2.23. The molecule has 0 aromatic heterocycles. The summed E-state index contributed by atoms with van der Waals surface area (Å²) >= 11 is 0. The van der Waals surface area contributed by atoms with Gasteiger partial charge >= 0.3 is 0 Å². The molecule has 0 saturated heterocycles. The van der Waals surface area contributed by atoms with Crippen LogP contribution in [0.25, 0.3) is 11.1 Å². The van der Waals surface area contributed by atoms with E-state index in [1.807, 2.05) is 12.1 Å². The van der Waals surface area contributed by atoms with Crippen LogP contribution in [0.4, 0.5) is 0 Å². The second-order valence-corrected chi connectivity index (χ2v) is 5.52. The number of benzene rings is 2. The van der Waals surface area contributed by atoms with Crippen molar-refractivity contribution in [2.45, 2.75) is 33.3 Å². The van der Waals surface area contributed by atoms with Crippen molar-refractivity contribution in [3.63, 3.8) is 0 Å². The maximum absolute atomic E-state index is 5.91. The summed E-state index contributed by atoms with van der Waals surface area (Å²) in [6.07, 6.45) is 1.33. The molecule has 0 fully saturated rings. The molecule has 0 aliphatic rings. The minimum atomic E-state index is 0.182. The third-order valence-electron chi connectivity index (χ3n) is 3.44. The van der Waals surface area contributed by atoms with E-state index in [0.717, 1.165) is 25.3 Å². The summed E-state index contributed by atoms with van der Waals surface area (Å²) in [6.45, 7) is 8.29. The van der Waals surface area contributed by atoms with E-state index in [2.05, 4.69) is 62.5 Å². The first-order chi connectivity index (χ1) is 10.2. The van der Waals surface area contributed by atoms with Crippen LogP contribution in [0.15, 0.2) is 48.5 Å². The van der Waals surface area contributed by atoms with E-state index in [4.69, 9.17) is 4.74 Å². The van der Waals surface area contributed by atoms with Crippen molar-refractivity contribution < 1.29 is 4.74 Å². The van der Waals surface area contributed by atoms with Crippen molar-refractivity contribution in [1.29, 1.82) is 0 Å². The summed E-state index contributed by atoms with van der Waals surface area (Å²) in [5.74, 6) is 0.927. The number of rotatable bonds is 7. The predicted octanol–water partition coefficient (Wildman–Crippen LogP) is 4.43. The van der Waals surface area contributed by atoms with Crippen LogP contribution in [0.3, 0.4) is 0 Å². The van der Waals surface area contributed by atoms with Gasteiger partial charge in [0.05, 0.1) is 0 Å². The predicted molar refractivity (Wildman–Crippen MR) is 89.9 cm³/mol. The Morgan fingerprint density at radius 1 is 0.952 bits per heavy atom. The van der Waals surface area contributed by atoms with Gasteiger partial charge in [0.15, 0.2) is 0 Å². The van der Waals surface area contributed by atoms with Gasteiger partial charge in [0.2, 0.25) is 0 Å². The molecule has 0 bridgehead atoms. The van der Waals surface area contributed by atoms with Crippen molar-refractivity contribution in [3.05, 3.63) is 54.1 Å². The number of hydrogen-bond acceptors (Lipinski definition) is 2. The molecular weight excluding hydrogens is 258 g/mol. The lowest BCUT2D eigenvalue weighted by Crippen LogP contribution is -2.29. The fourth-order valence-corrected chi connectivity index (χ4v) is 2.23. The molecular formula is C19H25NO. The average molecular weight is 283 g/mol. The van der Waals surface area contributed by atoms with Crippen LogP contribution in [0.1, 0.15) is 25.8 Å². The highest BCUT2D eigenvalue weighted by molar-refractivity contribution is 5.64. The first-order valence-corrected chi connectivity index (χ1v) is 7.73. The molecule has 0 aliphatic heterocycles. The van der Waals surface area contributed by atoms with Crippen molar-refractivity contribution in [3.8, 4) is 16.9 Å². The van der Waals surface area contributed by atoms with E-state index in [0.29, 0.717) is 0 Å². The molecule has 2 aromatic rings. The molecule has 2 aromatic carbocycles. The SMILES string of the molecule is CCCNCC(C)Oc1ccc(-c2ccc(C)cc2)cc1. The van der Waals surface area contributed by atoms with Crippen molar-refractivity contribution >= 4 is 0 Å². The van der Waals surface area contributed by atoms with Crippen LogP contribution in [0.2, 0.25) is 0 Å². The summed E-state index contributed by atoms with van der Waals surface area (Å²) in [5, 5.41) is 3.37. The third-order valence-corrected chi connectivity index (χ3v) is 3.44. The lowest BCUT2D eigenvalue weighted by atomic mass is 10.0. The van der Waals surface area contributed by atoms with Crippen LogP contribution in [-0.2, 0) is 0 Å². The van der Waals surface area contributed by atoms with Crippen molar-refractivity contribution in [2.24, 2.45) is 0 Å². The van der Waals surface area contributed by atoms with E-state index < -0.39 is 0 Å². The van der Waals surface area contributed by atoms with Gasteiger partial charge < -0.3 is 10.1 Å². The summed E-state index contributed by atoms with van der Waals surface area (Å²) in [7, 11) is 0. The fourth-order valence-electron chi connectivity index (χ4n) is 2.23. The summed E-state index contributed by atoms with van der Waals surface area (Å²) in [4.78, 5) is 0. The van der Waals surface area contributed by atoms with Gasteiger partial charge in [0, 0.05) is 6.54 Å². The van der Waals surface area contributed by atoms with Gasteiger partial charge in [-0.25, -0.2) is 0 Å². The average Bonchev–Trinajstić information content (AvgIpc) is 2.49. The standard InChI is InChI=1S/C19H25NO/c1-4-13-20-14-16(3)21-19-11-9-18(10-12-19)17-7-5-15(2)6-8-17/h5-12,16,20H,4,13-14H2,1-3H3. The Kier molecular flexibility index (Phi) is 5.82. The zero-order valence-electron chi connectivity index (χ0n) is 13.2. The normalized spacial score (nSPS) is 12.1. The lowest BCUT2D eigenvalue weighted by Gasteiger charge is -2.15. The van der Waals surface area contributed by atoms with Gasteiger partial charge in [0.25, 0.3) is 0 Å². The quantitative estimate of drug-likeness (QED) is 0.759. The second-order valence-electron chi connectivity index (χ2n) is 5.52. The Hall–Kier alpha value is -1.80. The zero-order chi connectivity index (χ0) is 15.1. The third kappa shape index (κ3) is 4.91. The van der Waals surface area contributed by atoms with Crippen LogP contribution < -0.4 is 10.1 Å². The van der Waals surface area contributed by atoms with Gasteiger partial charge in [-0.3, -0.25) is 0 Å². The molecule has 0 spiro atoms. The molecule has 0 aliphatic carbocycles. The minimum Gasteiger partial charge on any atom is -0.489 e. The highest BCUT2D eigenvalue weighted by Gasteiger charge is 2.04. The molecule has 1 atom stereocenters. The number of ether oxygens (including phenoxy) is 1. The smallest absolute Gasteiger partial charge is 0.119 e. The molecule has 0 saturated carbocycles. The van der Waals surface area contributed by atoms with E-state index in [-0.39, 0.29) is 6.10 Å². The monoisotopic (exact) mass is 283 g/mol. The fraction of sp³-hybridized carbons (Fsp3) is 0.368. The number of aryl methyl sites for hydroxylation is 1. The highest BCUT2D eigenvalue weighted by atomic mass is 16.5. The topological polar surface area (TPSA) is 21.3 Å². The summed E-state index contributed by atoms with van der Waals surface area (Å²) < 4.78 is 5.91. The van der Waals surface area contributed by atoms with Gasteiger partial charge in [-0.05, 0) is 50.1 Å². The van der Waals surface area contributed by atoms with Crippen LogP contribution in [0, 0.1) is 6.92 Å². The van der Waals surface area contributed by atoms with Crippen LogP contribution in [0.5, 0.6) is 5.75 Å². The molecule has 0 amide bonds. The Balaban J connectivity index is 1.94. The van der Waals surface area contributed by atoms with Crippen LogP contribution in [-0.4, -0.2) is 19.2 Å². The Morgan fingerprint density at radius 2 is 1.52 bits per heavy atom. The van der Waals surface area contributed by atoms with Gasteiger partial charge in [0.1, 0.15) is 11.9 Å².